The summed E-state index contributed by atoms with van der Waals surface area (Å²) in [6.45, 7) is 1.70. The Morgan fingerprint density at radius 1 is 1.32 bits per heavy atom. The van der Waals surface area contributed by atoms with E-state index in [0.29, 0.717) is 12.2 Å². The van der Waals surface area contributed by atoms with Crippen LogP contribution in [0.25, 0.3) is 0 Å². The lowest BCUT2D eigenvalue weighted by molar-refractivity contribution is -0.117. The molecule has 0 saturated heterocycles. The number of nitrogens with zero attached hydrogens (tertiary/aromatic N) is 3. The van der Waals surface area contributed by atoms with Gasteiger partial charge in [-0.25, -0.2) is 4.79 Å². The van der Waals surface area contributed by atoms with Crippen LogP contribution in [0.2, 0.25) is 0 Å². The smallest absolute Gasteiger partial charge is 0.337 e. The van der Waals surface area contributed by atoms with Crippen LogP contribution in [0.4, 0.5) is 5.69 Å². The molecule has 0 spiro atoms. The van der Waals surface area contributed by atoms with Gasteiger partial charge in [-0.05, 0) is 44.5 Å². The maximum Gasteiger partial charge on any atom is 0.337 e. The summed E-state index contributed by atoms with van der Waals surface area (Å²) >= 11 is 0. The number of carbonyl (C=O) groups excluding carboxylic acids is 1. The Morgan fingerprint density at radius 3 is 2.88 bits per heavy atom. The molecule has 7 nitrogen and oxygen atoms in total. The van der Waals surface area contributed by atoms with Crippen molar-refractivity contribution >= 4 is 17.6 Å². The molecule has 2 aromatic rings. The number of carboxylic acid groups (broad SMARTS) is 1. The first-order valence-corrected chi connectivity index (χ1v) is 8.39. The minimum absolute atomic E-state index is 0.0836. The molecule has 0 bridgehead atoms. The normalized spacial score (nSPS) is 13.5. The number of hydrogen-bond acceptors (Lipinski definition) is 4. The van der Waals surface area contributed by atoms with Crippen molar-refractivity contribution in [2.45, 2.75) is 32.4 Å². The van der Waals surface area contributed by atoms with E-state index in [1.807, 2.05) is 11.9 Å². The maximum atomic E-state index is 12.2. The molecule has 7 heteroatoms. The van der Waals surface area contributed by atoms with E-state index in [1.165, 1.54) is 18.2 Å². The molecule has 0 saturated carbocycles. The van der Waals surface area contributed by atoms with E-state index in [4.69, 9.17) is 5.11 Å². The van der Waals surface area contributed by atoms with Gasteiger partial charge in [-0.1, -0.05) is 12.1 Å². The van der Waals surface area contributed by atoms with Crippen LogP contribution < -0.4 is 5.32 Å². The average molecular weight is 342 g/mol. The van der Waals surface area contributed by atoms with Gasteiger partial charge in [0.25, 0.3) is 0 Å². The van der Waals surface area contributed by atoms with Crippen LogP contribution in [-0.4, -0.2) is 45.3 Å². The summed E-state index contributed by atoms with van der Waals surface area (Å²) in [4.78, 5) is 25.3. The Kier molecular flexibility index (Phi) is 5.14. The van der Waals surface area contributed by atoms with Gasteiger partial charge in [-0.3, -0.25) is 14.4 Å². The zero-order valence-corrected chi connectivity index (χ0v) is 14.2. The average Bonchev–Trinajstić information content (AvgIpc) is 2.96. The SMILES string of the molecule is CN(CC(=O)Nc1ccccc1C(=O)O)Cc1cc2n(n1)CCCC2. The largest absolute Gasteiger partial charge is 0.478 e. The number of amides is 1. The number of benzene rings is 1. The van der Waals surface area contributed by atoms with E-state index < -0.39 is 5.97 Å². The number of aromatic carboxylic acids is 1. The van der Waals surface area contributed by atoms with E-state index >= 15 is 0 Å². The molecule has 0 radical (unpaired) electrons. The van der Waals surface area contributed by atoms with Crippen LogP contribution in [0.1, 0.15) is 34.6 Å². The van der Waals surface area contributed by atoms with E-state index in [-0.39, 0.29) is 18.0 Å². The summed E-state index contributed by atoms with van der Waals surface area (Å²) in [6, 6.07) is 8.49. The van der Waals surface area contributed by atoms with Crippen molar-refractivity contribution in [2.75, 3.05) is 18.9 Å². The second-order valence-corrected chi connectivity index (χ2v) is 6.38. The third-order valence-corrected chi connectivity index (χ3v) is 4.24. The van der Waals surface area contributed by atoms with Crippen LogP contribution in [0.3, 0.4) is 0 Å². The number of rotatable bonds is 6. The number of aryl methyl sites for hydroxylation is 2. The van der Waals surface area contributed by atoms with Crippen molar-refractivity contribution in [1.82, 2.24) is 14.7 Å². The lowest BCUT2D eigenvalue weighted by Gasteiger charge is -2.15. The predicted molar refractivity (Wildman–Crippen MR) is 93.5 cm³/mol. The topological polar surface area (TPSA) is 87.5 Å². The quantitative estimate of drug-likeness (QED) is 0.838. The summed E-state index contributed by atoms with van der Waals surface area (Å²) in [5.74, 6) is -1.31. The maximum absolute atomic E-state index is 12.2. The Balaban J connectivity index is 1.57. The number of para-hydroxylation sites is 1. The monoisotopic (exact) mass is 342 g/mol. The van der Waals surface area contributed by atoms with E-state index in [9.17, 15) is 9.59 Å². The predicted octanol–water partition coefficient (Wildman–Crippen LogP) is 1.99. The van der Waals surface area contributed by atoms with Gasteiger partial charge in [0, 0.05) is 18.8 Å². The number of likely N-dealkylation sites (N-methyl/N-ethyl adjacent to an activating group) is 1. The standard InChI is InChI=1S/C18H22N4O3/c1-21(11-13-10-14-6-4-5-9-22(14)20-13)12-17(23)19-16-8-3-2-7-15(16)18(24)25/h2-3,7-8,10H,4-6,9,11-12H2,1H3,(H,19,23)(H,24,25). The van der Waals surface area contributed by atoms with Crippen LogP contribution in [0.15, 0.2) is 30.3 Å². The molecule has 0 aliphatic carbocycles. The van der Waals surface area contributed by atoms with Crippen molar-refractivity contribution in [3.63, 3.8) is 0 Å². The Hall–Kier alpha value is -2.67. The summed E-state index contributed by atoms with van der Waals surface area (Å²) in [5.41, 5.74) is 2.61. The fraction of sp³-hybridized carbons (Fsp3) is 0.389. The van der Waals surface area contributed by atoms with Crippen LogP contribution in [0, 0.1) is 0 Å². The molecular formula is C18H22N4O3. The van der Waals surface area contributed by atoms with Crippen molar-refractivity contribution in [2.24, 2.45) is 0 Å². The second-order valence-electron chi connectivity index (χ2n) is 6.38. The Morgan fingerprint density at radius 2 is 2.12 bits per heavy atom. The van der Waals surface area contributed by atoms with Gasteiger partial charge >= 0.3 is 5.97 Å². The highest BCUT2D eigenvalue weighted by Crippen LogP contribution is 2.17. The molecule has 1 amide bonds. The number of anilines is 1. The van der Waals surface area contributed by atoms with Gasteiger partial charge in [0.2, 0.25) is 5.91 Å². The minimum atomic E-state index is -1.06. The molecule has 0 unspecified atom stereocenters. The second kappa shape index (κ2) is 7.48. The highest BCUT2D eigenvalue weighted by molar-refractivity contribution is 6.01. The summed E-state index contributed by atoms with van der Waals surface area (Å²) in [6.07, 6.45) is 3.42. The molecule has 0 atom stereocenters. The lowest BCUT2D eigenvalue weighted by Crippen LogP contribution is -2.30. The highest BCUT2D eigenvalue weighted by atomic mass is 16.4. The van der Waals surface area contributed by atoms with Crippen LogP contribution in [-0.2, 0) is 24.3 Å². The molecule has 1 aromatic carbocycles. The lowest BCUT2D eigenvalue weighted by atomic mass is 10.1. The zero-order valence-electron chi connectivity index (χ0n) is 14.2. The van der Waals surface area contributed by atoms with Gasteiger partial charge in [-0.2, -0.15) is 5.10 Å². The van der Waals surface area contributed by atoms with Gasteiger partial charge in [0.1, 0.15) is 0 Å². The van der Waals surface area contributed by atoms with Gasteiger partial charge in [0.15, 0.2) is 0 Å². The van der Waals surface area contributed by atoms with Crippen LogP contribution in [0.5, 0.6) is 0 Å². The summed E-state index contributed by atoms with van der Waals surface area (Å²) in [5, 5.41) is 16.4. The van der Waals surface area contributed by atoms with Crippen LogP contribution >= 0.6 is 0 Å². The van der Waals surface area contributed by atoms with Gasteiger partial charge in [0.05, 0.1) is 23.5 Å². The number of carboxylic acids is 1. The summed E-state index contributed by atoms with van der Waals surface area (Å²) in [7, 11) is 1.85. The van der Waals surface area contributed by atoms with E-state index in [1.54, 1.807) is 18.2 Å². The fourth-order valence-electron chi connectivity index (χ4n) is 3.10. The first kappa shape index (κ1) is 17.2. The highest BCUT2D eigenvalue weighted by Gasteiger charge is 2.16. The van der Waals surface area contributed by atoms with Crippen molar-refractivity contribution in [1.29, 1.82) is 0 Å². The van der Waals surface area contributed by atoms with E-state index in [2.05, 4.69) is 21.2 Å². The van der Waals surface area contributed by atoms with Gasteiger partial charge < -0.3 is 10.4 Å². The van der Waals surface area contributed by atoms with E-state index in [0.717, 1.165) is 25.1 Å². The van der Waals surface area contributed by atoms with Gasteiger partial charge in [-0.15, -0.1) is 0 Å². The number of fused-ring (bicyclic) bond motifs is 1. The summed E-state index contributed by atoms with van der Waals surface area (Å²) < 4.78 is 2.05. The Labute approximate surface area is 146 Å². The molecule has 0 fully saturated rings. The molecule has 132 valence electrons. The fourth-order valence-corrected chi connectivity index (χ4v) is 3.10. The number of nitrogens with one attached hydrogen (secondary N) is 1. The molecule has 1 aliphatic heterocycles. The molecule has 3 rings (SSSR count). The van der Waals surface area contributed by atoms with Crippen molar-refractivity contribution in [3.05, 3.63) is 47.3 Å². The number of carbonyl (C=O) groups is 2. The molecule has 25 heavy (non-hydrogen) atoms. The third kappa shape index (κ3) is 4.24. The molecule has 2 N–H and O–H groups in total. The first-order chi connectivity index (χ1) is 12.0. The first-order valence-electron chi connectivity index (χ1n) is 8.39. The molecule has 1 aliphatic rings. The molecule has 2 heterocycles. The number of hydrogen-bond donors (Lipinski definition) is 2. The number of aromatic nitrogens is 2. The third-order valence-electron chi connectivity index (χ3n) is 4.24. The van der Waals surface area contributed by atoms with Crippen molar-refractivity contribution < 1.29 is 14.7 Å². The molecule has 1 aromatic heterocycles. The Bertz CT molecular complexity index is 761. The zero-order chi connectivity index (χ0) is 17.8. The molecular weight excluding hydrogens is 320 g/mol. The van der Waals surface area contributed by atoms with Crippen molar-refractivity contribution in [3.8, 4) is 0 Å². The minimum Gasteiger partial charge on any atom is -0.478 e.